The van der Waals surface area contributed by atoms with Crippen molar-refractivity contribution < 1.29 is 14.5 Å². The molecule has 4 aromatic carbocycles. The maximum atomic E-state index is 9.50. The summed E-state index contributed by atoms with van der Waals surface area (Å²) in [6, 6.07) is 25.7. The Balaban J connectivity index is 1.85. The predicted molar refractivity (Wildman–Crippen MR) is 106 cm³/mol. The molecule has 0 fully saturated rings. The van der Waals surface area contributed by atoms with Crippen LogP contribution >= 0.6 is 0 Å². The molecule has 0 aliphatic rings. The van der Waals surface area contributed by atoms with Crippen LogP contribution < -0.4 is 5.46 Å². The van der Waals surface area contributed by atoms with Gasteiger partial charge in [-0.25, -0.2) is 0 Å². The van der Waals surface area contributed by atoms with Crippen molar-refractivity contribution in [2.45, 2.75) is 0 Å². The Labute approximate surface area is 150 Å². The number of rotatable bonds is 2. The zero-order chi connectivity index (χ0) is 17.7. The largest absolute Gasteiger partial charge is 0.488 e. The Kier molecular flexibility index (Phi) is 3.35. The molecule has 0 bridgehead atoms. The lowest BCUT2D eigenvalue weighted by molar-refractivity contribution is 0.426. The van der Waals surface area contributed by atoms with Crippen molar-refractivity contribution in [3.63, 3.8) is 0 Å². The molecule has 0 unspecified atom stereocenters. The summed E-state index contributed by atoms with van der Waals surface area (Å²) in [6.07, 6.45) is 0. The van der Waals surface area contributed by atoms with Crippen molar-refractivity contribution in [3.05, 3.63) is 78.9 Å². The molecule has 4 heteroatoms. The van der Waals surface area contributed by atoms with Crippen LogP contribution in [0.2, 0.25) is 0 Å². The van der Waals surface area contributed by atoms with Crippen molar-refractivity contribution in [3.8, 4) is 11.1 Å². The number of furan rings is 1. The summed E-state index contributed by atoms with van der Waals surface area (Å²) in [7, 11) is -1.49. The first kappa shape index (κ1) is 15.2. The van der Waals surface area contributed by atoms with E-state index in [4.69, 9.17) is 4.42 Å². The van der Waals surface area contributed by atoms with Crippen LogP contribution in [0.5, 0.6) is 0 Å². The van der Waals surface area contributed by atoms with Gasteiger partial charge < -0.3 is 14.5 Å². The topological polar surface area (TPSA) is 53.6 Å². The molecule has 0 aliphatic carbocycles. The van der Waals surface area contributed by atoms with E-state index in [1.54, 1.807) is 12.1 Å². The van der Waals surface area contributed by atoms with E-state index in [0.29, 0.717) is 5.46 Å². The number of fused-ring (bicyclic) bond motifs is 4. The smallest absolute Gasteiger partial charge is 0.456 e. The second kappa shape index (κ2) is 5.73. The molecule has 0 spiro atoms. The number of hydrogen-bond donors (Lipinski definition) is 2. The molecule has 5 rings (SSSR count). The molecule has 0 aliphatic heterocycles. The van der Waals surface area contributed by atoms with Gasteiger partial charge in [0.05, 0.1) is 0 Å². The highest BCUT2D eigenvalue weighted by Crippen LogP contribution is 2.38. The standard InChI is InChI=1S/C22H15BO3/c24-23(25)17-8-3-7-16(11-17)18-9-4-10-20-22(18)19-12-14-5-1-2-6-15(14)13-21(19)26-20/h1-13,24-25H. The van der Waals surface area contributed by atoms with E-state index in [0.717, 1.165) is 43.8 Å². The monoisotopic (exact) mass is 338 g/mol. The highest BCUT2D eigenvalue weighted by atomic mass is 16.4. The average molecular weight is 338 g/mol. The van der Waals surface area contributed by atoms with E-state index < -0.39 is 7.12 Å². The van der Waals surface area contributed by atoms with Gasteiger partial charge in [-0.3, -0.25) is 0 Å². The number of benzene rings is 4. The molecular weight excluding hydrogens is 323 g/mol. The van der Waals surface area contributed by atoms with Crippen LogP contribution in [-0.4, -0.2) is 17.2 Å². The van der Waals surface area contributed by atoms with Crippen LogP contribution in [0.25, 0.3) is 43.8 Å². The molecule has 26 heavy (non-hydrogen) atoms. The highest BCUT2D eigenvalue weighted by Gasteiger charge is 2.15. The molecule has 0 radical (unpaired) electrons. The molecule has 0 saturated carbocycles. The van der Waals surface area contributed by atoms with E-state index in [1.807, 2.05) is 42.5 Å². The van der Waals surface area contributed by atoms with Gasteiger partial charge in [-0.05, 0) is 45.6 Å². The molecular formula is C22H15BO3. The summed E-state index contributed by atoms with van der Waals surface area (Å²) >= 11 is 0. The van der Waals surface area contributed by atoms with Crippen LogP contribution in [0.4, 0.5) is 0 Å². The molecule has 5 aromatic rings. The Hall–Kier alpha value is -3.08. The first-order valence-electron chi connectivity index (χ1n) is 8.51. The quantitative estimate of drug-likeness (QED) is 0.477. The van der Waals surface area contributed by atoms with Crippen molar-refractivity contribution in [1.82, 2.24) is 0 Å². The SMILES string of the molecule is OB(O)c1cccc(-c2cccc3oc4cc5ccccc5cc4c23)c1. The second-order valence-electron chi connectivity index (χ2n) is 6.48. The van der Waals surface area contributed by atoms with Crippen molar-refractivity contribution in [1.29, 1.82) is 0 Å². The summed E-state index contributed by atoms with van der Waals surface area (Å²) in [5.41, 5.74) is 4.08. The summed E-state index contributed by atoms with van der Waals surface area (Å²) < 4.78 is 6.10. The fraction of sp³-hybridized carbons (Fsp3) is 0. The minimum Gasteiger partial charge on any atom is -0.456 e. The van der Waals surface area contributed by atoms with Crippen LogP contribution in [0.15, 0.2) is 83.3 Å². The molecule has 124 valence electrons. The first-order chi connectivity index (χ1) is 12.7. The minimum absolute atomic E-state index is 0.470. The van der Waals surface area contributed by atoms with Gasteiger partial charge in [0.25, 0.3) is 0 Å². The lowest BCUT2D eigenvalue weighted by atomic mass is 9.79. The molecule has 3 nitrogen and oxygen atoms in total. The second-order valence-corrected chi connectivity index (χ2v) is 6.48. The summed E-state index contributed by atoms with van der Waals surface area (Å²) in [4.78, 5) is 0. The highest BCUT2D eigenvalue weighted by molar-refractivity contribution is 6.58. The first-order valence-corrected chi connectivity index (χ1v) is 8.51. The van der Waals surface area contributed by atoms with Crippen molar-refractivity contribution >= 4 is 45.3 Å². The maximum absolute atomic E-state index is 9.50. The van der Waals surface area contributed by atoms with Gasteiger partial charge in [-0.1, -0.05) is 60.7 Å². The van der Waals surface area contributed by atoms with E-state index >= 15 is 0 Å². The Morgan fingerprint density at radius 1 is 0.692 bits per heavy atom. The van der Waals surface area contributed by atoms with Crippen LogP contribution in [0, 0.1) is 0 Å². The van der Waals surface area contributed by atoms with E-state index in [9.17, 15) is 10.0 Å². The maximum Gasteiger partial charge on any atom is 0.488 e. The summed E-state index contributed by atoms with van der Waals surface area (Å²) in [5.74, 6) is 0. The van der Waals surface area contributed by atoms with E-state index in [1.165, 1.54) is 0 Å². The van der Waals surface area contributed by atoms with Gasteiger partial charge in [0.2, 0.25) is 0 Å². The zero-order valence-electron chi connectivity index (χ0n) is 13.9. The van der Waals surface area contributed by atoms with Gasteiger partial charge >= 0.3 is 7.12 Å². The molecule has 0 amide bonds. The molecule has 1 heterocycles. The van der Waals surface area contributed by atoms with Gasteiger partial charge in [0.15, 0.2) is 0 Å². The molecule has 0 saturated heterocycles. The Morgan fingerprint density at radius 2 is 1.46 bits per heavy atom. The number of hydrogen-bond acceptors (Lipinski definition) is 3. The lowest BCUT2D eigenvalue weighted by Crippen LogP contribution is -2.29. The predicted octanol–water partition coefficient (Wildman–Crippen LogP) is 4.09. The zero-order valence-corrected chi connectivity index (χ0v) is 13.9. The molecule has 2 N–H and O–H groups in total. The third-order valence-electron chi connectivity index (χ3n) is 4.86. The van der Waals surface area contributed by atoms with Crippen LogP contribution in [-0.2, 0) is 0 Å². The fourth-order valence-electron chi connectivity index (χ4n) is 3.62. The van der Waals surface area contributed by atoms with Crippen molar-refractivity contribution in [2.24, 2.45) is 0 Å². The van der Waals surface area contributed by atoms with Gasteiger partial charge in [-0.2, -0.15) is 0 Å². The van der Waals surface area contributed by atoms with Gasteiger partial charge in [0, 0.05) is 10.8 Å². The minimum atomic E-state index is -1.49. The Morgan fingerprint density at radius 3 is 2.27 bits per heavy atom. The van der Waals surface area contributed by atoms with Gasteiger partial charge in [0.1, 0.15) is 11.2 Å². The van der Waals surface area contributed by atoms with Crippen molar-refractivity contribution in [2.75, 3.05) is 0 Å². The van der Waals surface area contributed by atoms with Crippen LogP contribution in [0.1, 0.15) is 0 Å². The normalized spacial score (nSPS) is 11.5. The summed E-state index contributed by atoms with van der Waals surface area (Å²) in [6.45, 7) is 0. The lowest BCUT2D eigenvalue weighted by Gasteiger charge is -2.07. The molecule has 0 atom stereocenters. The molecule has 1 aromatic heterocycles. The average Bonchev–Trinajstić information content (AvgIpc) is 3.03. The van der Waals surface area contributed by atoms with E-state index in [-0.39, 0.29) is 0 Å². The van der Waals surface area contributed by atoms with E-state index in [2.05, 4.69) is 24.3 Å². The van der Waals surface area contributed by atoms with Gasteiger partial charge in [-0.15, -0.1) is 0 Å². The Bertz CT molecular complexity index is 1270. The third kappa shape index (κ3) is 2.31. The third-order valence-corrected chi connectivity index (χ3v) is 4.86. The van der Waals surface area contributed by atoms with Crippen LogP contribution in [0.3, 0.4) is 0 Å². The summed E-state index contributed by atoms with van der Waals surface area (Å²) in [5, 5.41) is 23.4. The fourth-order valence-corrected chi connectivity index (χ4v) is 3.62.